The van der Waals surface area contributed by atoms with Gasteiger partial charge in [-0.25, -0.2) is 19.9 Å². The van der Waals surface area contributed by atoms with Crippen LogP contribution in [0, 0.1) is 55.4 Å². The van der Waals surface area contributed by atoms with Crippen molar-refractivity contribution in [2.45, 2.75) is 55.4 Å². The van der Waals surface area contributed by atoms with Crippen molar-refractivity contribution in [2.75, 3.05) is 0 Å². The van der Waals surface area contributed by atoms with E-state index in [0.29, 0.717) is 0 Å². The van der Waals surface area contributed by atoms with E-state index in [1.807, 2.05) is 0 Å². The molecule has 0 fully saturated rings. The first-order chi connectivity index (χ1) is 50.7. The van der Waals surface area contributed by atoms with Gasteiger partial charge in [-0.2, -0.15) is 0 Å². The fourth-order valence-electron chi connectivity index (χ4n) is 14.6. The van der Waals surface area contributed by atoms with Gasteiger partial charge in [0, 0.05) is 123 Å². The van der Waals surface area contributed by atoms with Gasteiger partial charge >= 0.3 is 0 Å². The molecule has 0 aliphatic carbocycles. The van der Waals surface area contributed by atoms with Crippen molar-refractivity contribution in [1.29, 1.82) is 0 Å². The fraction of sp³-hybridized carbons (Fsp3) is 0.0833. The third kappa shape index (κ3) is 14.3. The van der Waals surface area contributed by atoms with Gasteiger partial charge in [0.05, 0.1) is 45.6 Å². The van der Waals surface area contributed by atoms with Crippen LogP contribution in [0.2, 0.25) is 0 Å². The van der Waals surface area contributed by atoms with E-state index < -0.39 is 0 Å². The van der Waals surface area contributed by atoms with Crippen LogP contribution in [0.4, 0.5) is 0 Å². The van der Waals surface area contributed by atoms with E-state index in [0.717, 1.165) is 179 Å². The van der Waals surface area contributed by atoms with Gasteiger partial charge in [0.25, 0.3) is 0 Å². The summed E-state index contributed by atoms with van der Waals surface area (Å²) < 4.78 is 0. The molecule has 4 aliphatic heterocycles. The van der Waals surface area contributed by atoms with Gasteiger partial charge in [-0.15, -0.1) is 0 Å². The molecule has 8 aromatic carbocycles. The first kappa shape index (κ1) is 71.9. The molecule has 10 heterocycles. The Morgan fingerprint density at radius 2 is 0.280 bits per heavy atom. The minimum atomic E-state index is 0. The molecule has 0 saturated heterocycles. The van der Waals surface area contributed by atoms with Crippen LogP contribution in [0.3, 0.4) is 0 Å². The predicted octanol–water partition coefficient (Wildman–Crippen LogP) is 24.3. The first-order valence-corrected chi connectivity index (χ1v) is 35.6. The van der Waals surface area contributed by atoms with Crippen molar-refractivity contribution in [1.82, 2.24) is 39.9 Å². The second-order valence-corrected chi connectivity index (χ2v) is 27.9. The van der Waals surface area contributed by atoms with Crippen LogP contribution in [-0.4, -0.2) is 45.3 Å². The molecule has 9 nitrogen and oxygen atoms in total. The third-order valence-corrected chi connectivity index (χ3v) is 20.2. The second kappa shape index (κ2) is 30.2. The molecule has 16 bridgehead atoms. The van der Waals surface area contributed by atoms with Crippen molar-refractivity contribution < 1.29 is 39.6 Å². The summed E-state index contributed by atoms with van der Waals surface area (Å²) in [5.74, 6) is 0. The number of nitrogens with zero attached hydrogens (tertiary/aromatic N) is 4. The summed E-state index contributed by atoms with van der Waals surface area (Å²) in [5.41, 5.74) is 42.2. The standard InChI is InChI=1S/2C48H38N4.2Fe.H2O/c2*1-29-5-13-33(14-6-29)45-37-21-23-39(49-37)46(34-15-7-30(2)8-16-34)41-25-27-43(51-41)48(36-19-11-32(4)12-20-36)44-28-26-42(52-44)47(40-24-22-38(45)50-40)35-17-9-31(3)10-18-35;;;/h5-28,49,52H,1-4H3;5-28,49-50H,1-4H3;;;1H2. The summed E-state index contributed by atoms with van der Waals surface area (Å²) in [6.45, 7) is 17.0. The molecule has 0 atom stereocenters. The van der Waals surface area contributed by atoms with Crippen molar-refractivity contribution in [3.8, 4) is 89.0 Å². The molecule has 6 aromatic heterocycles. The predicted molar refractivity (Wildman–Crippen MR) is 443 cm³/mol. The topological polar surface area (TPSA) is 146 Å². The molecule has 0 saturated carbocycles. The summed E-state index contributed by atoms with van der Waals surface area (Å²) in [7, 11) is 0. The van der Waals surface area contributed by atoms with Gasteiger partial charge in [0.1, 0.15) is 0 Å². The number of H-pyrrole nitrogens is 4. The minimum absolute atomic E-state index is 0. The SMILES string of the molecule is Cc1ccc(-c2c3nc(c(-c4ccc(C)cc4)c4ccc([nH]4)c(-c4ccc(C)cc4)c4ccc([nH]4)c(-c4ccc(C)cc4)c4nc2C=C4)C=C3)cc1.Cc1ccc(-c2c3nc(c(-c4ccc(C)cc4)c4ccc([nH]4)c(-c4ccc(C)cc4)c4nc(c(-c5ccc(C)cc5)c5ccc2[nH]5)C=C4)C=C3)cc1.O.[Fe].[Fe]. The van der Waals surface area contributed by atoms with Crippen molar-refractivity contribution in [3.63, 3.8) is 0 Å². The zero-order valence-corrected chi connectivity index (χ0v) is 62.9. The summed E-state index contributed by atoms with van der Waals surface area (Å²) in [4.78, 5) is 37.0. The Labute approximate surface area is 644 Å². The maximum atomic E-state index is 5.41. The smallest absolute Gasteiger partial charge is 0.0738 e. The Hall–Kier alpha value is -12.0. The Kier molecular flexibility index (Phi) is 20.3. The molecular weight excluding hydrogens is 1390 g/mol. The molecule has 4 aliphatic rings. The number of fused-ring (bicyclic) bond motifs is 16. The summed E-state index contributed by atoms with van der Waals surface area (Å²) in [5, 5.41) is 0. The summed E-state index contributed by atoms with van der Waals surface area (Å²) >= 11 is 0. The van der Waals surface area contributed by atoms with Crippen LogP contribution in [-0.2, 0) is 34.1 Å². The van der Waals surface area contributed by atoms with Crippen molar-refractivity contribution in [3.05, 3.63) is 333 Å². The van der Waals surface area contributed by atoms with Crippen LogP contribution in [0.1, 0.15) is 90.1 Å². The maximum absolute atomic E-state index is 5.41. The molecule has 524 valence electrons. The van der Waals surface area contributed by atoms with Gasteiger partial charge in [0.15, 0.2) is 0 Å². The van der Waals surface area contributed by atoms with Gasteiger partial charge in [0.2, 0.25) is 0 Å². The minimum Gasteiger partial charge on any atom is -0.412 e. The Morgan fingerprint density at radius 3 is 0.439 bits per heavy atom. The van der Waals surface area contributed by atoms with Crippen molar-refractivity contribution in [2.24, 2.45) is 0 Å². The van der Waals surface area contributed by atoms with Crippen LogP contribution in [0.25, 0.3) is 182 Å². The molecule has 6 N–H and O–H groups in total. The largest absolute Gasteiger partial charge is 0.412 e. The Morgan fingerprint density at radius 1 is 0.159 bits per heavy atom. The average molecular weight is 1470 g/mol. The fourth-order valence-corrected chi connectivity index (χ4v) is 14.6. The van der Waals surface area contributed by atoms with E-state index in [2.05, 4.69) is 367 Å². The monoisotopic (exact) mass is 1470 g/mol. The zero-order chi connectivity index (χ0) is 70.7. The molecule has 14 aromatic rings. The zero-order valence-electron chi connectivity index (χ0n) is 60.7. The van der Waals surface area contributed by atoms with Crippen molar-refractivity contribution >= 4 is 92.7 Å². The van der Waals surface area contributed by atoms with Crippen LogP contribution >= 0.6 is 0 Å². The van der Waals surface area contributed by atoms with E-state index in [4.69, 9.17) is 19.9 Å². The van der Waals surface area contributed by atoms with Gasteiger partial charge < -0.3 is 25.4 Å². The van der Waals surface area contributed by atoms with E-state index in [9.17, 15) is 0 Å². The quantitative estimate of drug-likeness (QED) is 0.112. The van der Waals surface area contributed by atoms with Crippen LogP contribution in [0.5, 0.6) is 0 Å². The van der Waals surface area contributed by atoms with E-state index in [1.165, 1.54) is 44.5 Å². The number of hydrogen-bond donors (Lipinski definition) is 4. The van der Waals surface area contributed by atoms with Gasteiger partial charge in [-0.3, -0.25) is 0 Å². The number of aromatic nitrogens is 8. The number of aryl methyl sites for hydroxylation is 8. The molecule has 18 rings (SSSR count). The molecule has 0 unspecified atom stereocenters. The summed E-state index contributed by atoms with van der Waals surface area (Å²) in [6.07, 6.45) is 17.2. The second-order valence-electron chi connectivity index (χ2n) is 27.9. The molecular formula is C96H78Fe2N8O. The molecule has 107 heavy (non-hydrogen) atoms. The number of benzene rings is 8. The van der Waals surface area contributed by atoms with Crippen LogP contribution < -0.4 is 0 Å². The normalized spacial score (nSPS) is 11.7. The third-order valence-electron chi connectivity index (χ3n) is 20.2. The number of aromatic amines is 4. The van der Waals surface area contributed by atoms with Crippen LogP contribution in [0.15, 0.2) is 243 Å². The summed E-state index contributed by atoms with van der Waals surface area (Å²) in [6, 6.07) is 87.2. The number of hydrogen-bond acceptors (Lipinski definition) is 4. The molecule has 0 radical (unpaired) electrons. The maximum Gasteiger partial charge on any atom is 0.0738 e. The molecule has 0 amide bonds. The first-order valence-electron chi connectivity index (χ1n) is 35.6. The van der Waals surface area contributed by atoms with Gasteiger partial charge in [-0.1, -0.05) is 239 Å². The average Bonchev–Trinajstić information content (AvgIpc) is 1.62. The molecule has 11 heteroatoms. The van der Waals surface area contributed by atoms with Gasteiger partial charge in [-0.05, 0) is 197 Å². The Balaban J connectivity index is 0.000000175. The number of rotatable bonds is 8. The Bertz CT molecular complexity index is 5590. The van der Waals surface area contributed by atoms with E-state index >= 15 is 0 Å². The molecule has 0 spiro atoms. The van der Waals surface area contributed by atoms with E-state index in [1.54, 1.807) is 0 Å². The van der Waals surface area contributed by atoms with E-state index in [-0.39, 0.29) is 39.6 Å². The number of nitrogens with one attached hydrogen (secondary N) is 4.